The van der Waals surface area contributed by atoms with Gasteiger partial charge in [0.1, 0.15) is 0 Å². The van der Waals surface area contributed by atoms with E-state index in [2.05, 4.69) is 29.2 Å². The quantitative estimate of drug-likeness (QED) is 0.657. The second-order valence-electron chi connectivity index (χ2n) is 5.26. The minimum atomic E-state index is -0.0278. The molecule has 0 radical (unpaired) electrons. The van der Waals surface area contributed by atoms with Crippen molar-refractivity contribution in [3.63, 3.8) is 0 Å². The maximum absolute atomic E-state index is 11.9. The molecule has 0 spiro atoms. The van der Waals surface area contributed by atoms with Gasteiger partial charge >= 0.3 is 0 Å². The summed E-state index contributed by atoms with van der Waals surface area (Å²) in [6, 6.07) is 0.362. The number of rotatable bonds is 2. The zero-order valence-electron chi connectivity index (χ0n) is 11.2. The molecule has 0 aliphatic carbocycles. The molecule has 2 aliphatic heterocycles. The van der Waals surface area contributed by atoms with E-state index in [1.807, 2.05) is 4.90 Å². The minimum absolute atomic E-state index is 0.0278. The van der Waals surface area contributed by atoms with Crippen LogP contribution in [0.5, 0.6) is 0 Å². The smallest absolute Gasteiger partial charge is 0.242 e. The highest BCUT2D eigenvalue weighted by Gasteiger charge is 2.27. The molecule has 0 aromatic heterocycles. The first kappa shape index (κ1) is 13.3. The van der Waals surface area contributed by atoms with E-state index < -0.39 is 0 Å². The third-order valence-electron chi connectivity index (χ3n) is 3.81. The maximum Gasteiger partial charge on any atom is 0.242 e. The molecule has 0 aromatic carbocycles. The van der Waals surface area contributed by atoms with Crippen molar-refractivity contribution in [2.45, 2.75) is 12.5 Å². The van der Waals surface area contributed by atoms with Gasteiger partial charge in [-0.3, -0.25) is 14.5 Å². The highest BCUT2D eigenvalue weighted by atomic mass is 16.2. The molecule has 18 heavy (non-hydrogen) atoms. The molecule has 2 rings (SSSR count). The average molecular weight is 254 g/mol. The van der Waals surface area contributed by atoms with Crippen LogP contribution in [0.15, 0.2) is 0 Å². The average Bonchev–Trinajstić information content (AvgIpc) is 2.49. The first-order valence-electron chi connectivity index (χ1n) is 6.49. The largest absolute Gasteiger partial charge is 0.347 e. The Kier molecular flexibility index (Phi) is 4.19. The van der Waals surface area contributed by atoms with Gasteiger partial charge in [0.15, 0.2) is 0 Å². The number of hydrogen-bond acceptors (Lipinski definition) is 4. The molecule has 1 atom stereocenters. The van der Waals surface area contributed by atoms with E-state index in [0.29, 0.717) is 25.6 Å². The predicted octanol–water partition coefficient (Wildman–Crippen LogP) is -1.42. The van der Waals surface area contributed by atoms with Crippen molar-refractivity contribution in [2.75, 3.05) is 53.4 Å². The lowest BCUT2D eigenvalue weighted by atomic mass is 10.1. The summed E-state index contributed by atoms with van der Waals surface area (Å²) in [6.07, 6.45) is 0.415. The Bertz CT molecular complexity index is 334. The normalized spacial score (nSPS) is 28.1. The molecule has 0 aromatic rings. The van der Waals surface area contributed by atoms with Crippen LogP contribution < -0.4 is 5.32 Å². The van der Waals surface area contributed by atoms with Gasteiger partial charge in [-0.1, -0.05) is 0 Å². The first-order chi connectivity index (χ1) is 8.56. The first-order valence-corrected chi connectivity index (χ1v) is 6.49. The zero-order valence-corrected chi connectivity index (χ0v) is 11.2. The van der Waals surface area contributed by atoms with Crippen molar-refractivity contribution in [1.29, 1.82) is 0 Å². The second kappa shape index (κ2) is 5.67. The molecule has 6 heteroatoms. The molecule has 2 aliphatic rings. The van der Waals surface area contributed by atoms with Crippen LogP contribution in [0, 0.1) is 0 Å². The lowest BCUT2D eigenvalue weighted by Crippen LogP contribution is -2.55. The van der Waals surface area contributed by atoms with Gasteiger partial charge < -0.3 is 15.1 Å². The number of nitrogens with zero attached hydrogens (tertiary/aromatic N) is 3. The molecule has 0 saturated carbocycles. The molecular weight excluding hydrogens is 232 g/mol. The van der Waals surface area contributed by atoms with Crippen molar-refractivity contribution in [1.82, 2.24) is 20.0 Å². The Morgan fingerprint density at radius 2 is 2.00 bits per heavy atom. The van der Waals surface area contributed by atoms with Crippen LogP contribution >= 0.6 is 0 Å². The van der Waals surface area contributed by atoms with E-state index in [-0.39, 0.29) is 18.4 Å². The van der Waals surface area contributed by atoms with Gasteiger partial charge in [-0.15, -0.1) is 0 Å². The molecular formula is C12H22N4O2. The number of nitrogens with one attached hydrogen (secondary N) is 1. The molecule has 6 nitrogen and oxygen atoms in total. The maximum atomic E-state index is 11.9. The Hall–Kier alpha value is -1.14. The Labute approximate surface area is 108 Å². The molecule has 1 N–H and O–H groups in total. The van der Waals surface area contributed by atoms with Crippen LogP contribution in [0.25, 0.3) is 0 Å². The Morgan fingerprint density at radius 3 is 2.78 bits per heavy atom. The van der Waals surface area contributed by atoms with Gasteiger partial charge in [0.25, 0.3) is 0 Å². The fourth-order valence-corrected chi connectivity index (χ4v) is 2.48. The van der Waals surface area contributed by atoms with Crippen molar-refractivity contribution in [3.05, 3.63) is 0 Å². The van der Waals surface area contributed by atoms with Gasteiger partial charge in [0.05, 0.1) is 6.54 Å². The summed E-state index contributed by atoms with van der Waals surface area (Å²) >= 11 is 0. The third-order valence-corrected chi connectivity index (χ3v) is 3.81. The van der Waals surface area contributed by atoms with Gasteiger partial charge in [-0.2, -0.15) is 0 Å². The van der Waals surface area contributed by atoms with E-state index >= 15 is 0 Å². The van der Waals surface area contributed by atoms with Crippen molar-refractivity contribution in [2.24, 2.45) is 0 Å². The number of carbonyl (C=O) groups excluding carboxylic acids is 2. The number of piperazine rings is 1. The SMILES string of the molecule is CN1CCN(C)C(CN2CCC(=O)NCC2=O)C1. The molecule has 1 unspecified atom stereocenters. The zero-order chi connectivity index (χ0) is 13.1. The Balaban J connectivity index is 1.94. The summed E-state index contributed by atoms with van der Waals surface area (Å²) in [5.74, 6) is 0.00226. The van der Waals surface area contributed by atoms with E-state index in [1.165, 1.54) is 0 Å². The van der Waals surface area contributed by atoms with E-state index in [0.717, 1.165) is 19.6 Å². The van der Waals surface area contributed by atoms with Crippen molar-refractivity contribution >= 4 is 11.8 Å². The summed E-state index contributed by atoms with van der Waals surface area (Å²) in [5, 5.41) is 2.63. The van der Waals surface area contributed by atoms with Gasteiger partial charge in [0.2, 0.25) is 11.8 Å². The summed E-state index contributed by atoms with van der Waals surface area (Å²) < 4.78 is 0. The molecule has 102 valence electrons. The number of hydrogen-bond donors (Lipinski definition) is 1. The summed E-state index contributed by atoms with van der Waals surface area (Å²) in [5.41, 5.74) is 0. The molecule has 2 fully saturated rings. The van der Waals surface area contributed by atoms with Gasteiger partial charge in [0, 0.05) is 45.2 Å². The second-order valence-corrected chi connectivity index (χ2v) is 5.26. The van der Waals surface area contributed by atoms with Crippen LogP contribution in [0.2, 0.25) is 0 Å². The van der Waals surface area contributed by atoms with Crippen LogP contribution in [-0.2, 0) is 9.59 Å². The van der Waals surface area contributed by atoms with Crippen LogP contribution in [0.4, 0.5) is 0 Å². The van der Waals surface area contributed by atoms with Crippen LogP contribution in [-0.4, -0.2) is 85.9 Å². The highest BCUT2D eigenvalue weighted by molar-refractivity contribution is 5.87. The number of amides is 2. The minimum Gasteiger partial charge on any atom is -0.347 e. The monoisotopic (exact) mass is 254 g/mol. The lowest BCUT2D eigenvalue weighted by Gasteiger charge is -2.39. The Morgan fingerprint density at radius 1 is 1.22 bits per heavy atom. The van der Waals surface area contributed by atoms with Crippen molar-refractivity contribution < 1.29 is 9.59 Å². The molecule has 2 amide bonds. The molecule has 2 saturated heterocycles. The van der Waals surface area contributed by atoms with E-state index in [1.54, 1.807) is 0 Å². The topological polar surface area (TPSA) is 55.9 Å². The predicted molar refractivity (Wildman–Crippen MR) is 68.1 cm³/mol. The number of likely N-dealkylation sites (N-methyl/N-ethyl adjacent to an activating group) is 2. The number of carbonyl (C=O) groups is 2. The molecule has 0 bridgehead atoms. The van der Waals surface area contributed by atoms with Gasteiger partial charge in [-0.25, -0.2) is 0 Å². The van der Waals surface area contributed by atoms with E-state index in [4.69, 9.17) is 0 Å². The van der Waals surface area contributed by atoms with Crippen LogP contribution in [0.1, 0.15) is 6.42 Å². The summed E-state index contributed by atoms with van der Waals surface area (Å²) in [6.45, 7) is 4.47. The van der Waals surface area contributed by atoms with Crippen molar-refractivity contribution in [3.8, 4) is 0 Å². The third kappa shape index (κ3) is 3.20. The summed E-state index contributed by atoms with van der Waals surface area (Å²) in [7, 11) is 4.21. The molecule has 2 heterocycles. The van der Waals surface area contributed by atoms with E-state index in [9.17, 15) is 9.59 Å². The van der Waals surface area contributed by atoms with Gasteiger partial charge in [-0.05, 0) is 14.1 Å². The summed E-state index contributed by atoms with van der Waals surface area (Å²) in [4.78, 5) is 29.6. The van der Waals surface area contributed by atoms with Crippen LogP contribution in [0.3, 0.4) is 0 Å². The standard InChI is InChI=1S/C12H22N4O2/c1-14-5-6-15(2)10(8-14)9-16-4-3-11(17)13-7-12(16)18/h10H,3-9H2,1-2H3,(H,13,17). The lowest BCUT2D eigenvalue weighted by molar-refractivity contribution is -0.131. The fourth-order valence-electron chi connectivity index (χ4n) is 2.48. The highest BCUT2D eigenvalue weighted by Crippen LogP contribution is 2.09. The fraction of sp³-hybridized carbons (Fsp3) is 0.833.